The lowest BCUT2D eigenvalue weighted by atomic mass is 10.1. The summed E-state index contributed by atoms with van der Waals surface area (Å²) >= 11 is 0. The van der Waals surface area contributed by atoms with Gasteiger partial charge in [-0.25, -0.2) is 4.79 Å². The van der Waals surface area contributed by atoms with Crippen molar-refractivity contribution in [1.82, 2.24) is 0 Å². The summed E-state index contributed by atoms with van der Waals surface area (Å²) in [6.07, 6.45) is 0. The van der Waals surface area contributed by atoms with Crippen molar-refractivity contribution in [3.05, 3.63) is 23.8 Å². The second-order valence-corrected chi connectivity index (χ2v) is 5.22. The number of benzene rings is 1. The molecule has 0 saturated carbocycles. The number of carbonyl (C=O) groups is 1. The van der Waals surface area contributed by atoms with Crippen molar-refractivity contribution in [2.45, 2.75) is 26.8 Å². The van der Waals surface area contributed by atoms with Gasteiger partial charge in [0, 0.05) is 24.5 Å². The highest BCUT2D eigenvalue weighted by molar-refractivity contribution is 5.79. The Hall–Kier alpha value is -1.75. The molecule has 5 nitrogen and oxygen atoms in total. The molecule has 5 heteroatoms. The number of aryl methyl sites for hydroxylation is 1. The van der Waals surface area contributed by atoms with Crippen LogP contribution < -0.4 is 10.2 Å². The normalized spacial score (nSPS) is 16.4. The smallest absolute Gasteiger partial charge is 0.328 e. The monoisotopic (exact) mass is 292 g/mol. The van der Waals surface area contributed by atoms with Gasteiger partial charge >= 0.3 is 5.97 Å². The van der Waals surface area contributed by atoms with Gasteiger partial charge in [-0.2, -0.15) is 0 Å². The molecule has 1 aromatic rings. The van der Waals surface area contributed by atoms with E-state index in [9.17, 15) is 4.79 Å². The lowest BCUT2D eigenvalue weighted by molar-refractivity contribution is -0.143. The van der Waals surface area contributed by atoms with Gasteiger partial charge in [-0.15, -0.1) is 0 Å². The van der Waals surface area contributed by atoms with Crippen molar-refractivity contribution in [1.29, 1.82) is 0 Å². The average Bonchev–Trinajstić information content (AvgIpc) is 2.50. The Morgan fingerprint density at radius 2 is 2.14 bits per heavy atom. The Morgan fingerprint density at radius 1 is 1.43 bits per heavy atom. The summed E-state index contributed by atoms with van der Waals surface area (Å²) in [6, 6.07) is 5.92. The summed E-state index contributed by atoms with van der Waals surface area (Å²) in [7, 11) is 0. The second kappa shape index (κ2) is 7.31. The van der Waals surface area contributed by atoms with Gasteiger partial charge in [0.2, 0.25) is 0 Å². The van der Waals surface area contributed by atoms with E-state index in [2.05, 4.69) is 28.4 Å². The summed E-state index contributed by atoms with van der Waals surface area (Å²) in [5.74, 6) is -0.228. The van der Waals surface area contributed by atoms with E-state index in [1.54, 1.807) is 0 Å². The highest BCUT2D eigenvalue weighted by Crippen LogP contribution is 2.24. The molecule has 1 N–H and O–H groups in total. The molecular weight excluding hydrogens is 268 g/mol. The third-order valence-electron chi connectivity index (χ3n) is 3.61. The van der Waals surface area contributed by atoms with E-state index in [1.165, 1.54) is 0 Å². The van der Waals surface area contributed by atoms with E-state index in [-0.39, 0.29) is 12.0 Å². The first kappa shape index (κ1) is 15.6. The van der Waals surface area contributed by atoms with Crippen molar-refractivity contribution in [3.8, 4) is 0 Å². The summed E-state index contributed by atoms with van der Waals surface area (Å²) in [5, 5.41) is 3.24. The largest absolute Gasteiger partial charge is 0.464 e. The van der Waals surface area contributed by atoms with Crippen molar-refractivity contribution in [2.75, 3.05) is 43.1 Å². The van der Waals surface area contributed by atoms with Gasteiger partial charge in [-0.05, 0) is 38.5 Å². The first-order chi connectivity index (χ1) is 10.1. The predicted octanol–water partition coefficient (Wildman–Crippen LogP) is 2.20. The molecule has 0 aliphatic carbocycles. The van der Waals surface area contributed by atoms with Crippen LogP contribution in [0.15, 0.2) is 18.2 Å². The van der Waals surface area contributed by atoms with Crippen LogP contribution in [0.25, 0.3) is 0 Å². The Morgan fingerprint density at radius 3 is 2.81 bits per heavy atom. The molecule has 1 aromatic carbocycles. The van der Waals surface area contributed by atoms with Gasteiger partial charge in [-0.1, -0.05) is 6.07 Å². The molecule has 0 unspecified atom stereocenters. The minimum Gasteiger partial charge on any atom is -0.464 e. The standard InChI is InChI=1S/C16H24N2O3/c1-4-21-16(19)13(3)17-15-11-14(6-5-12(15)2)18-7-9-20-10-8-18/h5-6,11,13,17H,4,7-10H2,1-3H3/t13-/m0/s1. The van der Waals surface area contributed by atoms with Crippen molar-refractivity contribution in [3.63, 3.8) is 0 Å². The SMILES string of the molecule is CCOC(=O)[C@H](C)Nc1cc(N2CCOCC2)ccc1C. The van der Waals surface area contributed by atoms with Crippen LogP contribution in [0.4, 0.5) is 11.4 Å². The molecule has 0 radical (unpaired) electrons. The Bertz CT molecular complexity index is 484. The van der Waals surface area contributed by atoms with E-state index in [1.807, 2.05) is 20.8 Å². The van der Waals surface area contributed by atoms with Crippen molar-refractivity contribution < 1.29 is 14.3 Å². The fourth-order valence-corrected chi connectivity index (χ4v) is 2.34. The fourth-order valence-electron chi connectivity index (χ4n) is 2.34. The maximum absolute atomic E-state index is 11.7. The van der Waals surface area contributed by atoms with Gasteiger partial charge < -0.3 is 19.7 Å². The molecule has 0 spiro atoms. The number of carbonyl (C=O) groups excluding carboxylic acids is 1. The van der Waals surface area contributed by atoms with Crippen LogP contribution in [0.3, 0.4) is 0 Å². The third kappa shape index (κ3) is 4.11. The van der Waals surface area contributed by atoms with E-state index in [0.29, 0.717) is 6.61 Å². The zero-order valence-corrected chi connectivity index (χ0v) is 13.0. The molecule has 1 aliphatic heterocycles. The lowest BCUT2D eigenvalue weighted by Crippen LogP contribution is -2.36. The maximum Gasteiger partial charge on any atom is 0.328 e. The number of morpholine rings is 1. The Labute approximate surface area is 126 Å². The fraction of sp³-hybridized carbons (Fsp3) is 0.562. The molecule has 1 saturated heterocycles. The molecule has 1 heterocycles. The first-order valence-electron chi connectivity index (χ1n) is 7.48. The van der Waals surface area contributed by atoms with Gasteiger partial charge in [-0.3, -0.25) is 0 Å². The van der Waals surface area contributed by atoms with Gasteiger partial charge in [0.25, 0.3) is 0 Å². The number of ether oxygens (including phenoxy) is 2. The summed E-state index contributed by atoms with van der Waals surface area (Å²) in [5.41, 5.74) is 3.24. The van der Waals surface area contributed by atoms with Crippen LogP contribution in [0.2, 0.25) is 0 Å². The second-order valence-electron chi connectivity index (χ2n) is 5.22. The molecule has 21 heavy (non-hydrogen) atoms. The Balaban J connectivity index is 2.09. The molecule has 2 rings (SSSR count). The highest BCUT2D eigenvalue weighted by Gasteiger charge is 2.16. The van der Waals surface area contributed by atoms with Crippen molar-refractivity contribution >= 4 is 17.3 Å². The zero-order chi connectivity index (χ0) is 15.2. The summed E-state index contributed by atoms with van der Waals surface area (Å²) in [6.45, 7) is 9.38. The summed E-state index contributed by atoms with van der Waals surface area (Å²) in [4.78, 5) is 14.0. The van der Waals surface area contributed by atoms with E-state index < -0.39 is 0 Å². The molecule has 0 bridgehead atoms. The van der Waals surface area contributed by atoms with Gasteiger partial charge in [0.15, 0.2) is 0 Å². The number of esters is 1. The molecule has 1 atom stereocenters. The topological polar surface area (TPSA) is 50.8 Å². The quantitative estimate of drug-likeness (QED) is 0.843. The number of anilines is 2. The van der Waals surface area contributed by atoms with Gasteiger partial charge in [0.05, 0.1) is 19.8 Å². The summed E-state index contributed by atoms with van der Waals surface area (Å²) < 4.78 is 10.4. The van der Waals surface area contributed by atoms with Crippen LogP contribution in [0, 0.1) is 6.92 Å². The van der Waals surface area contributed by atoms with Crippen LogP contribution in [0.1, 0.15) is 19.4 Å². The van der Waals surface area contributed by atoms with Crippen molar-refractivity contribution in [2.24, 2.45) is 0 Å². The van der Waals surface area contributed by atoms with E-state index in [0.717, 1.165) is 43.2 Å². The number of hydrogen-bond acceptors (Lipinski definition) is 5. The molecular formula is C16H24N2O3. The lowest BCUT2D eigenvalue weighted by Gasteiger charge is -2.29. The van der Waals surface area contributed by atoms with Crippen LogP contribution >= 0.6 is 0 Å². The van der Waals surface area contributed by atoms with Crippen LogP contribution in [-0.4, -0.2) is 44.9 Å². The van der Waals surface area contributed by atoms with Gasteiger partial charge in [0.1, 0.15) is 6.04 Å². The highest BCUT2D eigenvalue weighted by atomic mass is 16.5. The molecule has 116 valence electrons. The molecule has 1 fully saturated rings. The number of nitrogens with zero attached hydrogens (tertiary/aromatic N) is 1. The van der Waals surface area contributed by atoms with E-state index >= 15 is 0 Å². The first-order valence-corrected chi connectivity index (χ1v) is 7.48. The maximum atomic E-state index is 11.7. The average molecular weight is 292 g/mol. The molecule has 0 aromatic heterocycles. The number of hydrogen-bond donors (Lipinski definition) is 1. The van der Waals surface area contributed by atoms with Crippen LogP contribution in [-0.2, 0) is 14.3 Å². The molecule has 1 aliphatic rings. The number of nitrogens with one attached hydrogen (secondary N) is 1. The minimum atomic E-state index is -0.358. The van der Waals surface area contributed by atoms with E-state index in [4.69, 9.17) is 9.47 Å². The number of rotatable bonds is 5. The predicted molar refractivity (Wildman–Crippen MR) is 83.9 cm³/mol. The Kier molecular flexibility index (Phi) is 5.44. The minimum absolute atomic E-state index is 0.228. The molecule has 0 amide bonds. The van der Waals surface area contributed by atoms with Crippen LogP contribution in [0.5, 0.6) is 0 Å². The zero-order valence-electron chi connectivity index (χ0n) is 13.0. The third-order valence-corrected chi connectivity index (χ3v) is 3.61.